The van der Waals surface area contributed by atoms with Crippen LogP contribution in [0.1, 0.15) is 15.9 Å². The number of anilines is 3. The molecule has 0 aliphatic carbocycles. The van der Waals surface area contributed by atoms with Gasteiger partial charge in [0.05, 0.1) is 25.4 Å². The van der Waals surface area contributed by atoms with Gasteiger partial charge in [-0.25, -0.2) is 4.98 Å². The van der Waals surface area contributed by atoms with Crippen molar-refractivity contribution in [1.82, 2.24) is 4.98 Å². The highest BCUT2D eigenvalue weighted by molar-refractivity contribution is 6.05. The number of nitrogens with one attached hydrogen (secondary N) is 1. The van der Waals surface area contributed by atoms with Crippen molar-refractivity contribution in [2.45, 2.75) is 6.42 Å². The van der Waals surface area contributed by atoms with Crippen LogP contribution >= 0.6 is 0 Å². The minimum Gasteiger partial charge on any atom is -0.497 e. The second-order valence-corrected chi connectivity index (χ2v) is 7.63. The molecule has 6 heteroatoms. The molecule has 1 aromatic heterocycles. The molecule has 0 radical (unpaired) electrons. The monoisotopic (exact) mass is 425 g/mol. The largest absolute Gasteiger partial charge is 0.497 e. The van der Waals surface area contributed by atoms with Crippen LogP contribution in [0.5, 0.6) is 11.5 Å². The Labute approximate surface area is 186 Å². The lowest BCUT2D eigenvalue weighted by atomic mass is 10.1. The predicted octanol–water partition coefficient (Wildman–Crippen LogP) is 5.20. The van der Waals surface area contributed by atoms with E-state index in [4.69, 9.17) is 14.5 Å². The summed E-state index contributed by atoms with van der Waals surface area (Å²) < 4.78 is 10.7. The highest BCUT2D eigenvalue weighted by Gasteiger charge is 2.23. The maximum atomic E-state index is 12.7. The van der Waals surface area contributed by atoms with Gasteiger partial charge in [0.25, 0.3) is 5.91 Å². The lowest BCUT2D eigenvalue weighted by molar-refractivity contribution is 0.102. The van der Waals surface area contributed by atoms with Crippen LogP contribution in [0.15, 0.2) is 72.8 Å². The number of carbonyl (C=O) groups is 1. The van der Waals surface area contributed by atoms with Crippen LogP contribution in [0.3, 0.4) is 0 Å². The van der Waals surface area contributed by atoms with Gasteiger partial charge in [-0.15, -0.1) is 0 Å². The Morgan fingerprint density at radius 1 is 0.969 bits per heavy atom. The van der Waals surface area contributed by atoms with E-state index < -0.39 is 0 Å². The fraction of sp³-hybridized carbons (Fsp3) is 0.154. The maximum absolute atomic E-state index is 12.7. The predicted molar refractivity (Wildman–Crippen MR) is 126 cm³/mol. The lowest BCUT2D eigenvalue weighted by Gasteiger charge is -2.19. The van der Waals surface area contributed by atoms with E-state index in [1.54, 1.807) is 14.2 Å². The van der Waals surface area contributed by atoms with E-state index in [1.807, 2.05) is 66.7 Å². The van der Waals surface area contributed by atoms with Crippen molar-refractivity contribution >= 4 is 34.0 Å². The molecule has 0 saturated heterocycles. The number of aromatic nitrogens is 1. The Balaban J connectivity index is 1.39. The quantitative estimate of drug-likeness (QED) is 0.476. The molecule has 160 valence electrons. The third kappa shape index (κ3) is 3.60. The van der Waals surface area contributed by atoms with Crippen molar-refractivity contribution in [3.8, 4) is 11.5 Å². The number of amides is 1. The van der Waals surface area contributed by atoms with Crippen LogP contribution < -0.4 is 19.7 Å². The molecule has 0 atom stereocenters. The molecule has 0 spiro atoms. The van der Waals surface area contributed by atoms with Gasteiger partial charge in [0.2, 0.25) is 0 Å². The first kappa shape index (κ1) is 19.9. The average molecular weight is 425 g/mol. The fourth-order valence-corrected chi connectivity index (χ4v) is 4.05. The van der Waals surface area contributed by atoms with Crippen molar-refractivity contribution in [2.75, 3.05) is 31.0 Å². The highest BCUT2D eigenvalue weighted by atomic mass is 16.5. The Kier molecular flexibility index (Phi) is 5.11. The molecule has 1 aliphatic heterocycles. The topological polar surface area (TPSA) is 63.7 Å². The zero-order valence-corrected chi connectivity index (χ0v) is 18.0. The molecule has 1 amide bonds. The van der Waals surface area contributed by atoms with Crippen molar-refractivity contribution in [3.63, 3.8) is 0 Å². The van der Waals surface area contributed by atoms with Crippen LogP contribution in [0, 0.1) is 0 Å². The second-order valence-electron chi connectivity index (χ2n) is 7.63. The van der Waals surface area contributed by atoms with Crippen LogP contribution in [-0.4, -0.2) is 31.7 Å². The van der Waals surface area contributed by atoms with Crippen molar-refractivity contribution in [1.29, 1.82) is 0 Å². The third-order valence-corrected chi connectivity index (χ3v) is 5.74. The third-order valence-electron chi connectivity index (χ3n) is 5.74. The summed E-state index contributed by atoms with van der Waals surface area (Å²) in [6.07, 6.45) is 0.931. The Bertz CT molecular complexity index is 1300. The minimum atomic E-state index is -0.181. The van der Waals surface area contributed by atoms with Gasteiger partial charge < -0.3 is 19.7 Å². The van der Waals surface area contributed by atoms with Crippen molar-refractivity contribution < 1.29 is 14.3 Å². The molecule has 5 rings (SSSR count). The number of nitrogens with zero attached hydrogens (tertiary/aromatic N) is 2. The van der Waals surface area contributed by atoms with E-state index in [2.05, 4.69) is 16.3 Å². The standard InChI is InChI=1S/C26H23N3O3/c1-31-21-12-9-18-15-19-13-14-29(25(19)27-23(18)16-21)20-10-7-17(8-11-20)26(30)28-22-5-3-4-6-24(22)32-2/h3-12,15-16H,13-14H2,1-2H3,(H,28,30). The van der Waals surface area contributed by atoms with Gasteiger partial charge in [-0.1, -0.05) is 12.1 Å². The van der Waals surface area contributed by atoms with E-state index >= 15 is 0 Å². The SMILES string of the molecule is COc1ccc2cc3c(nc2c1)N(c1ccc(C(=O)Nc2ccccc2OC)cc1)CC3. The number of carbonyl (C=O) groups excluding carboxylic acids is 1. The van der Waals surface area contributed by atoms with Crippen LogP contribution in [-0.2, 0) is 6.42 Å². The number of para-hydroxylation sites is 2. The molecular formula is C26H23N3O3. The average Bonchev–Trinajstić information content (AvgIpc) is 3.25. The van der Waals surface area contributed by atoms with E-state index in [0.717, 1.165) is 41.1 Å². The number of hydrogen-bond acceptors (Lipinski definition) is 5. The summed E-state index contributed by atoms with van der Waals surface area (Å²) >= 11 is 0. The Hall–Kier alpha value is -4.06. The zero-order chi connectivity index (χ0) is 22.1. The first-order valence-electron chi connectivity index (χ1n) is 10.5. The van der Waals surface area contributed by atoms with Gasteiger partial charge in [0, 0.05) is 29.2 Å². The van der Waals surface area contributed by atoms with E-state index in [1.165, 1.54) is 5.56 Å². The summed E-state index contributed by atoms with van der Waals surface area (Å²) in [7, 11) is 3.24. The van der Waals surface area contributed by atoms with Gasteiger partial charge in [-0.05, 0) is 66.6 Å². The number of fused-ring (bicyclic) bond motifs is 2. The summed E-state index contributed by atoms with van der Waals surface area (Å²) in [5.74, 6) is 2.19. The Morgan fingerprint density at radius 2 is 1.78 bits per heavy atom. The Morgan fingerprint density at radius 3 is 2.56 bits per heavy atom. The van der Waals surface area contributed by atoms with Crippen LogP contribution in [0.2, 0.25) is 0 Å². The molecule has 1 aliphatic rings. The van der Waals surface area contributed by atoms with Gasteiger partial charge in [0.1, 0.15) is 17.3 Å². The van der Waals surface area contributed by atoms with Crippen molar-refractivity contribution in [3.05, 3.63) is 83.9 Å². The zero-order valence-electron chi connectivity index (χ0n) is 18.0. The summed E-state index contributed by atoms with van der Waals surface area (Å²) in [6.45, 7) is 0.850. The molecule has 1 N–H and O–H groups in total. The van der Waals surface area contributed by atoms with E-state index in [-0.39, 0.29) is 5.91 Å². The molecule has 0 saturated carbocycles. The molecule has 6 nitrogen and oxygen atoms in total. The number of ether oxygens (including phenoxy) is 2. The van der Waals surface area contributed by atoms with Gasteiger partial charge in [-0.3, -0.25) is 4.79 Å². The minimum absolute atomic E-state index is 0.181. The summed E-state index contributed by atoms with van der Waals surface area (Å²) in [5.41, 5.74) is 4.36. The van der Waals surface area contributed by atoms with Gasteiger partial charge in [-0.2, -0.15) is 0 Å². The van der Waals surface area contributed by atoms with E-state index in [9.17, 15) is 4.79 Å². The normalized spacial score (nSPS) is 12.5. The fourth-order valence-electron chi connectivity index (χ4n) is 4.05. The number of benzene rings is 3. The number of pyridine rings is 1. The summed E-state index contributed by atoms with van der Waals surface area (Å²) in [6, 6.07) is 23.1. The smallest absolute Gasteiger partial charge is 0.255 e. The first-order chi connectivity index (χ1) is 15.7. The molecular weight excluding hydrogens is 402 g/mol. The second kappa shape index (κ2) is 8.23. The highest BCUT2D eigenvalue weighted by Crippen LogP contribution is 2.35. The lowest BCUT2D eigenvalue weighted by Crippen LogP contribution is -2.16. The van der Waals surface area contributed by atoms with E-state index in [0.29, 0.717) is 17.0 Å². The molecule has 4 aromatic rings. The van der Waals surface area contributed by atoms with Gasteiger partial charge >= 0.3 is 0 Å². The summed E-state index contributed by atoms with van der Waals surface area (Å²) in [4.78, 5) is 19.8. The van der Waals surface area contributed by atoms with Gasteiger partial charge in [0.15, 0.2) is 0 Å². The number of hydrogen-bond donors (Lipinski definition) is 1. The molecule has 2 heterocycles. The molecule has 0 fully saturated rings. The van der Waals surface area contributed by atoms with Crippen molar-refractivity contribution in [2.24, 2.45) is 0 Å². The molecule has 32 heavy (non-hydrogen) atoms. The number of rotatable bonds is 5. The molecule has 3 aromatic carbocycles. The molecule has 0 unspecified atom stereocenters. The summed E-state index contributed by atoms with van der Waals surface area (Å²) in [5, 5.41) is 4.02. The van der Waals surface area contributed by atoms with Crippen LogP contribution in [0.4, 0.5) is 17.2 Å². The molecule has 0 bridgehead atoms. The number of methoxy groups -OCH3 is 2. The maximum Gasteiger partial charge on any atom is 0.255 e. The first-order valence-corrected chi connectivity index (χ1v) is 10.5. The van der Waals surface area contributed by atoms with Crippen LogP contribution in [0.25, 0.3) is 10.9 Å².